The normalized spacial score (nSPS) is 20.0. The summed E-state index contributed by atoms with van der Waals surface area (Å²) in [5, 5.41) is 9.33. The van der Waals surface area contributed by atoms with Crippen molar-refractivity contribution in [2.75, 3.05) is 23.4 Å². The molecule has 2 heterocycles. The highest BCUT2D eigenvalue weighted by atomic mass is 19.1. The molecule has 2 aliphatic carbocycles. The standard InChI is InChI=1S/C27H29F2N5O/c1-32(25-14-26(35)33(2)24-10-5-20(15-30)31-27(24)25)21-6-8-22(9-7-21)34(16-17-3-4-17)23-12-18(28)11-19(29)13-23/h5,10-14,17,21-22H,3-4,6-9,16H2,1-2H3. The van der Waals surface area contributed by atoms with Crippen LogP contribution in [-0.2, 0) is 7.05 Å². The summed E-state index contributed by atoms with van der Waals surface area (Å²) in [5.41, 5.74) is 2.87. The lowest BCUT2D eigenvalue weighted by Crippen LogP contribution is -2.44. The first-order valence-electron chi connectivity index (χ1n) is 12.2. The average Bonchev–Trinajstić information content (AvgIpc) is 3.68. The van der Waals surface area contributed by atoms with Gasteiger partial charge in [0, 0.05) is 50.5 Å². The topological polar surface area (TPSA) is 65.2 Å². The van der Waals surface area contributed by atoms with Crippen LogP contribution in [0.1, 0.15) is 44.2 Å². The lowest BCUT2D eigenvalue weighted by Gasteiger charge is -2.41. The van der Waals surface area contributed by atoms with Gasteiger partial charge in [-0.15, -0.1) is 0 Å². The van der Waals surface area contributed by atoms with E-state index in [1.54, 1.807) is 29.8 Å². The van der Waals surface area contributed by atoms with Crippen molar-refractivity contribution in [1.29, 1.82) is 5.26 Å². The number of hydrogen-bond donors (Lipinski definition) is 0. The Balaban J connectivity index is 1.38. The van der Waals surface area contributed by atoms with Crippen LogP contribution in [0.25, 0.3) is 11.0 Å². The van der Waals surface area contributed by atoms with Gasteiger partial charge in [-0.1, -0.05) is 0 Å². The van der Waals surface area contributed by atoms with Crippen molar-refractivity contribution in [3.05, 3.63) is 64.1 Å². The van der Waals surface area contributed by atoms with E-state index in [9.17, 15) is 18.8 Å². The fourth-order valence-electron chi connectivity index (χ4n) is 5.35. The molecule has 0 bridgehead atoms. The second kappa shape index (κ2) is 9.29. The third-order valence-corrected chi connectivity index (χ3v) is 7.55. The summed E-state index contributed by atoms with van der Waals surface area (Å²) in [4.78, 5) is 21.5. The van der Waals surface area contributed by atoms with E-state index in [-0.39, 0.29) is 17.6 Å². The Kier molecular flexibility index (Phi) is 6.18. The van der Waals surface area contributed by atoms with E-state index in [0.29, 0.717) is 28.3 Å². The number of rotatable bonds is 6. The third kappa shape index (κ3) is 4.72. The first kappa shape index (κ1) is 23.3. The van der Waals surface area contributed by atoms with Crippen molar-refractivity contribution in [2.45, 2.75) is 50.6 Å². The Labute approximate surface area is 203 Å². The van der Waals surface area contributed by atoms with Gasteiger partial charge < -0.3 is 14.4 Å². The highest BCUT2D eigenvalue weighted by molar-refractivity contribution is 5.88. The van der Waals surface area contributed by atoms with Gasteiger partial charge in [0.25, 0.3) is 5.56 Å². The molecule has 2 fully saturated rings. The predicted molar refractivity (Wildman–Crippen MR) is 133 cm³/mol. The zero-order chi connectivity index (χ0) is 24.7. The van der Waals surface area contributed by atoms with Gasteiger partial charge in [-0.2, -0.15) is 5.26 Å². The molecule has 0 unspecified atom stereocenters. The zero-order valence-electron chi connectivity index (χ0n) is 20.0. The Bertz CT molecular complexity index is 1330. The second-order valence-corrected chi connectivity index (χ2v) is 9.90. The van der Waals surface area contributed by atoms with Crippen molar-refractivity contribution < 1.29 is 8.78 Å². The fourth-order valence-corrected chi connectivity index (χ4v) is 5.35. The number of nitriles is 1. The summed E-state index contributed by atoms with van der Waals surface area (Å²) in [6.07, 6.45) is 5.88. The molecule has 3 aromatic rings. The largest absolute Gasteiger partial charge is 0.370 e. The Hall–Kier alpha value is -3.47. The number of pyridine rings is 2. The van der Waals surface area contributed by atoms with Crippen LogP contribution in [0.5, 0.6) is 0 Å². The second-order valence-electron chi connectivity index (χ2n) is 9.90. The highest BCUT2D eigenvalue weighted by Crippen LogP contribution is 2.37. The molecule has 0 atom stereocenters. The van der Waals surface area contributed by atoms with E-state index in [4.69, 9.17) is 0 Å². The van der Waals surface area contributed by atoms with Crippen molar-refractivity contribution in [1.82, 2.24) is 9.55 Å². The predicted octanol–water partition coefficient (Wildman–Crippen LogP) is 4.75. The van der Waals surface area contributed by atoms with Crippen LogP contribution in [0.2, 0.25) is 0 Å². The molecule has 6 nitrogen and oxygen atoms in total. The summed E-state index contributed by atoms with van der Waals surface area (Å²) >= 11 is 0. The minimum absolute atomic E-state index is 0.122. The number of fused-ring (bicyclic) bond motifs is 1. The van der Waals surface area contributed by atoms with Gasteiger partial charge in [-0.05, 0) is 68.7 Å². The maximum absolute atomic E-state index is 14.0. The molecular weight excluding hydrogens is 448 g/mol. The van der Waals surface area contributed by atoms with Crippen LogP contribution in [0.3, 0.4) is 0 Å². The van der Waals surface area contributed by atoms with Crippen LogP contribution in [0, 0.1) is 28.9 Å². The van der Waals surface area contributed by atoms with Crippen LogP contribution < -0.4 is 15.4 Å². The van der Waals surface area contributed by atoms with Crippen molar-refractivity contribution in [3.63, 3.8) is 0 Å². The summed E-state index contributed by atoms with van der Waals surface area (Å²) in [6.45, 7) is 0.828. The molecule has 2 saturated carbocycles. The minimum atomic E-state index is -0.545. The van der Waals surface area contributed by atoms with Crippen LogP contribution >= 0.6 is 0 Å². The Morgan fingerprint density at radius 3 is 2.31 bits per heavy atom. The molecule has 0 saturated heterocycles. The number of aromatic nitrogens is 2. The van der Waals surface area contributed by atoms with Gasteiger partial charge in [0.05, 0.1) is 11.2 Å². The lowest BCUT2D eigenvalue weighted by molar-refractivity contribution is 0.364. The molecule has 0 spiro atoms. The van der Waals surface area contributed by atoms with Gasteiger partial charge in [0.1, 0.15) is 28.9 Å². The smallest absolute Gasteiger partial charge is 0.252 e. The summed E-state index contributed by atoms with van der Waals surface area (Å²) in [7, 11) is 3.68. The van der Waals surface area contributed by atoms with Crippen LogP contribution in [0.4, 0.5) is 20.2 Å². The van der Waals surface area contributed by atoms with Gasteiger partial charge in [0.2, 0.25) is 0 Å². The van der Waals surface area contributed by atoms with Crippen molar-refractivity contribution in [3.8, 4) is 6.07 Å². The van der Waals surface area contributed by atoms with Gasteiger partial charge in [-0.3, -0.25) is 4.79 Å². The van der Waals surface area contributed by atoms with Crippen LogP contribution in [-0.4, -0.2) is 35.2 Å². The lowest BCUT2D eigenvalue weighted by atomic mass is 9.88. The van der Waals surface area contributed by atoms with Gasteiger partial charge >= 0.3 is 0 Å². The Morgan fingerprint density at radius 2 is 1.69 bits per heavy atom. The number of anilines is 2. The molecule has 5 rings (SSSR count). The molecule has 0 aliphatic heterocycles. The number of benzene rings is 1. The number of aryl methyl sites for hydroxylation is 1. The summed E-state index contributed by atoms with van der Waals surface area (Å²) in [6, 6.07) is 11.3. The first-order valence-corrected chi connectivity index (χ1v) is 12.2. The molecule has 2 aromatic heterocycles. The molecule has 35 heavy (non-hydrogen) atoms. The molecule has 182 valence electrons. The van der Waals surface area contributed by atoms with E-state index >= 15 is 0 Å². The molecular formula is C27H29F2N5O. The Morgan fingerprint density at radius 1 is 1.03 bits per heavy atom. The van der Waals surface area contributed by atoms with E-state index in [1.807, 2.05) is 7.05 Å². The highest BCUT2D eigenvalue weighted by Gasteiger charge is 2.33. The van der Waals surface area contributed by atoms with Crippen molar-refractivity contribution in [2.24, 2.45) is 13.0 Å². The van der Waals surface area contributed by atoms with Gasteiger partial charge in [0.15, 0.2) is 0 Å². The average molecular weight is 478 g/mol. The molecule has 0 N–H and O–H groups in total. The van der Waals surface area contributed by atoms with E-state index < -0.39 is 11.6 Å². The van der Waals surface area contributed by atoms with E-state index in [2.05, 4.69) is 20.9 Å². The monoisotopic (exact) mass is 477 g/mol. The third-order valence-electron chi connectivity index (χ3n) is 7.55. The number of halogens is 2. The zero-order valence-corrected chi connectivity index (χ0v) is 20.0. The molecule has 8 heteroatoms. The maximum atomic E-state index is 14.0. The molecule has 1 aromatic carbocycles. The summed E-state index contributed by atoms with van der Waals surface area (Å²) < 4.78 is 29.5. The maximum Gasteiger partial charge on any atom is 0.252 e. The van der Waals surface area contributed by atoms with E-state index in [0.717, 1.165) is 44.0 Å². The first-order chi connectivity index (χ1) is 16.8. The van der Waals surface area contributed by atoms with Crippen molar-refractivity contribution >= 4 is 22.4 Å². The number of hydrogen-bond acceptors (Lipinski definition) is 5. The quantitative estimate of drug-likeness (QED) is 0.513. The van der Waals surface area contributed by atoms with E-state index in [1.165, 1.54) is 25.0 Å². The minimum Gasteiger partial charge on any atom is -0.370 e. The summed E-state index contributed by atoms with van der Waals surface area (Å²) in [5.74, 6) is -0.499. The number of nitrogens with zero attached hydrogens (tertiary/aromatic N) is 5. The molecule has 0 radical (unpaired) electrons. The van der Waals surface area contributed by atoms with Crippen LogP contribution in [0.15, 0.2) is 41.2 Å². The SMILES string of the molecule is CN(c1cc(=O)n(C)c2ccc(C#N)nc12)C1CCC(N(CC2CC2)c2cc(F)cc(F)c2)CC1. The fraction of sp³-hybridized carbons (Fsp3) is 0.444. The molecule has 2 aliphatic rings. The van der Waals surface area contributed by atoms with Gasteiger partial charge in [-0.25, -0.2) is 13.8 Å². The molecule has 0 amide bonds.